The number of halogens is 1. The second-order valence-corrected chi connectivity index (χ2v) is 4.98. The van der Waals surface area contributed by atoms with E-state index in [1.165, 1.54) is 0 Å². The number of amides is 1. The number of rotatable bonds is 5. The third-order valence-corrected chi connectivity index (χ3v) is 3.24. The molecule has 4 nitrogen and oxygen atoms in total. The van der Waals surface area contributed by atoms with Crippen molar-refractivity contribution < 1.29 is 14.3 Å². The summed E-state index contributed by atoms with van der Waals surface area (Å²) in [6, 6.07) is 7.11. The van der Waals surface area contributed by atoms with Crippen LogP contribution in [0.4, 0.5) is 0 Å². The molecule has 0 aliphatic heterocycles. The van der Waals surface area contributed by atoms with Crippen LogP contribution in [0.3, 0.4) is 0 Å². The maximum absolute atomic E-state index is 11.8. The Balaban J connectivity index is 2.60. The van der Waals surface area contributed by atoms with Gasteiger partial charge in [0.15, 0.2) is 6.10 Å². The largest absolute Gasteiger partial charge is 0.449 e. The monoisotopic (exact) mass is 361 g/mol. The van der Waals surface area contributed by atoms with Gasteiger partial charge in [0, 0.05) is 10.1 Å². The molecule has 0 saturated carbocycles. The van der Waals surface area contributed by atoms with Crippen molar-refractivity contribution in [3.63, 3.8) is 0 Å². The van der Waals surface area contributed by atoms with Gasteiger partial charge in [0.05, 0.1) is 5.56 Å². The maximum atomic E-state index is 11.8. The van der Waals surface area contributed by atoms with Crippen LogP contribution < -0.4 is 5.32 Å². The third-order valence-electron chi connectivity index (χ3n) is 2.30. The van der Waals surface area contributed by atoms with Crippen molar-refractivity contribution in [1.82, 2.24) is 5.32 Å². The van der Waals surface area contributed by atoms with E-state index in [1.807, 2.05) is 19.1 Å². The first-order chi connectivity index (χ1) is 8.56. The lowest BCUT2D eigenvalue weighted by Gasteiger charge is -2.13. The van der Waals surface area contributed by atoms with Gasteiger partial charge < -0.3 is 10.1 Å². The smallest absolute Gasteiger partial charge is 0.339 e. The molecule has 0 saturated heterocycles. The zero-order chi connectivity index (χ0) is 13.5. The topological polar surface area (TPSA) is 55.4 Å². The first kappa shape index (κ1) is 14.9. The Kier molecular flexibility index (Phi) is 6.11. The molecule has 98 valence electrons. The molecule has 0 spiro atoms. The first-order valence-electron chi connectivity index (χ1n) is 5.79. The average Bonchev–Trinajstić information content (AvgIpc) is 2.36. The van der Waals surface area contributed by atoms with Gasteiger partial charge in [0.2, 0.25) is 0 Å². The number of carbonyl (C=O) groups excluding carboxylic acids is 2. The highest BCUT2D eigenvalue weighted by atomic mass is 127. The molecule has 1 N–H and O–H groups in total. The minimum absolute atomic E-state index is 0.267. The lowest BCUT2D eigenvalue weighted by atomic mass is 10.2. The van der Waals surface area contributed by atoms with E-state index in [0.717, 1.165) is 9.99 Å². The van der Waals surface area contributed by atoms with Crippen molar-refractivity contribution in [3.05, 3.63) is 33.4 Å². The molecule has 0 bridgehead atoms. The normalized spacial score (nSPS) is 11.7. The molecule has 1 rings (SSSR count). The average molecular weight is 361 g/mol. The van der Waals surface area contributed by atoms with Crippen LogP contribution in [0.2, 0.25) is 0 Å². The van der Waals surface area contributed by atoms with Gasteiger partial charge in [-0.25, -0.2) is 4.79 Å². The molecule has 1 atom stereocenters. The predicted octanol–water partition coefficient (Wildman–Crippen LogP) is 2.36. The molecule has 0 aromatic heterocycles. The number of nitrogens with one attached hydrogen (secondary N) is 1. The fraction of sp³-hybridized carbons (Fsp3) is 0.385. The van der Waals surface area contributed by atoms with Gasteiger partial charge in [-0.1, -0.05) is 19.1 Å². The summed E-state index contributed by atoms with van der Waals surface area (Å²) < 4.78 is 5.93. The SMILES string of the molecule is CCCNC(=O)C(C)OC(=O)c1ccccc1I. The molecule has 1 aromatic carbocycles. The van der Waals surface area contributed by atoms with Crippen molar-refractivity contribution >= 4 is 34.5 Å². The number of hydrogen-bond acceptors (Lipinski definition) is 3. The molecule has 1 unspecified atom stereocenters. The van der Waals surface area contributed by atoms with Crippen LogP contribution in [0.5, 0.6) is 0 Å². The molecular weight excluding hydrogens is 345 g/mol. The number of esters is 1. The Morgan fingerprint density at radius 3 is 2.67 bits per heavy atom. The van der Waals surface area contributed by atoms with E-state index >= 15 is 0 Å². The van der Waals surface area contributed by atoms with Gasteiger partial charge >= 0.3 is 5.97 Å². The number of carbonyl (C=O) groups is 2. The molecule has 18 heavy (non-hydrogen) atoms. The Labute approximate surface area is 120 Å². The summed E-state index contributed by atoms with van der Waals surface area (Å²) in [5.41, 5.74) is 0.480. The molecule has 0 heterocycles. The lowest BCUT2D eigenvalue weighted by molar-refractivity contribution is -0.129. The highest BCUT2D eigenvalue weighted by Crippen LogP contribution is 2.13. The van der Waals surface area contributed by atoms with Crippen molar-refractivity contribution in [1.29, 1.82) is 0 Å². The summed E-state index contributed by atoms with van der Waals surface area (Å²) in [6.07, 6.45) is 0.0725. The minimum Gasteiger partial charge on any atom is -0.449 e. The highest BCUT2D eigenvalue weighted by molar-refractivity contribution is 14.1. The van der Waals surface area contributed by atoms with Crippen molar-refractivity contribution in [2.24, 2.45) is 0 Å². The second-order valence-electron chi connectivity index (χ2n) is 3.82. The highest BCUT2D eigenvalue weighted by Gasteiger charge is 2.19. The van der Waals surface area contributed by atoms with Gasteiger partial charge in [0.1, 0.15) is 0 Å². The summed E-state index contributed by atoms with van der Waals surface area (Å²) in [4.78, 5) is 23.4. The molecule has 1 amide bonds. The molecule has 0 aliphatic rings. The fourth-order valence-electron chi connectivity index (χ4n) is 1.30. The van der Waals surface area contributed by atoms with Crippen LogP contribution in [-0.4, -0.2) is 24.5 Å². The van der Waals surface area contributed by atoms with Crippen molar-refractivity contribution in [3.8, 4) is 0 Å². The molecule has 0 radical (unpaired) electrons. The van der Waals surface area contributed by atoms with Crippen LogP contribution >= 0.6 is 22.6 Å². The van der Waals surface area contributed by atoms with E-state index in [9.17, 15) is 9.59 Å². The molecular formula is C13H16INO3. The maximum Gasteiger partial charge on any atom is 0.339 e. The number of hydrogen-bond donors (Lipinski definition) is 1. The molecule has 5 heteroatoms. The summed E-state index contributed by atoms with van der Waals surface area (Å²) in [6.45, 7) is 4.12. The van der Waals surface area contributed by atoms with Crippen LogP contribution in [-0.2, 0) is 9.53 Å². The van der Waals surface area contributed by atoms with Crippen LogP contribution in [0.1, 0.15) is 30.6 Å². The van der Waals surface area contributed by atoms with Crippen molar-refractivity contribution in [2.75, 3.05) is 6.54 Å². The zero-order valence-corrected chi connectivity index (χ0v) is 12.6. The Morgan fingerprint density at radius 1 is 1.39 bits per heavy atom. The van der Waals surface area contributed by atoms with E-state index in [1.54, 1.807) is 19.1 Å². The Morgan fingerprint density at radius 2 is 2.06 bits per heavy atom. The molecule has 0 fully saturated rings. The van der Waals surface area contributed by atoms with Gasteiger partial charge in [-0.2, -0.15) is 0 Å². The summed E-state index contributed by atoms with van der Waals surface area (Å²) in [7, 11) is 0. The standard InChI is InChI=1S/C13H16INO3/c1-3-8-15-12(16)9(2)18-13(17)10-6-4-5-7-11(10)14/h4-7,9H,3,8H2,1-2H3,(H,15,16). The second kappa shape index (κ2) is 7.35. The Hall–Kier alpha value is -1.11. The quantitative estimate of drug-likeness (QED) is 0.647. The summed E-state index contributed by atoms with van der Waals surface area (Å²) in [5, 5.41) is 2.69. The van der Waals surface area contributed by atoms with E-state index in [2.05, 4.69) is 27.9 Å². The molecule has 0 aliphatic carbocycles. The first-order valence-corrected chi connectivity index (χ1v) is 6.87. The predicted molar refractivity (Wildman–Crippen MR) is 77.3 cm³/mol. The number of ether oxygens (including phenoxy) is 1. The summed E-state index contributed by atoms with van der Waals surface area (Å²) in [5.74, 6) is -0.740. The number of benzene rings is 1. The van der Waals surface area contributed by atoms with Crippen LogP contribution in [0, 0.1) is 3.57 Å². The van der Waals surface area contributed by atoms with Crippen LogP contribution in [0.25, 0.3) is 0 Å². The van der Waals surface area contributed by atoms with Gasteiger partial charge in [-0.05, 0) is 48.1 Å². The van der Waals surface area contributed by atoms with Gasteiger partial charge in [-0.3, -0.25) is 4.79 Å². The Bertz CT molecular complexity index is 434. The zero-order valence-electron chi connectivity index (χ0n) is 10.4. The van der Waals surface area contributed by atoms with E-state index in [0.29, 0.717) is 12.1 Å². The third kappa shape index (κ3) is 4.29. The fourth-order valence-corrected chi connectivity index (χ4v) is 1.90. The minimum atomic E-state index is -0.778. The van der Waals surface area contributed by atoms with E-state index in [-0.39, 0.29) is 5.91 Å². The summed E-state index contributed by atoms with van der Waals surface area (Å²) >= 11 is 2.06. The van der Waals surface area contributed by atoms with Gasteiger partial charge in [0.25, 0.3) is 5.91 Å². The molecule has 1 aromatic rings. The van der Waals surface area contributed by atoms with Crippen molar-refractivity contribution in [2.45, 2.75) is 26.4 Å². The van der Waals surface area contributed by atoms with E-state index in [4.69, 9.17) is 4.74 Å². The van der Waals surface area contributed by atoms with Crippen LogP contribution in [0.15, 0.2) is 24.3 Å². The van der Waals surface area contributed by atoms with Gasteiger partial charge in [-0.15, -0.1) is 0 Å². The lowest BCUT2D eigenvalue weighted by Crippen LogP contribution is -2.36. The van der Waals surface area contributed by atoms with E-state index < -0.39 is 12.1 Å².